The maximum absolute atomic E-state index is 13.3. The first-order valence-corrected chi connectivity index (χ1v) is 12.6. The Morgan fingerprint density at radius 1 is 1.25 bits per heavy atom. The van der Waals surface area contributed by atoms with Gasteiger partial charge in [0.25, 0.3) is 5.91 Å². The molecule has 2 N–H and O–H groups in total. The highest BCUT2D eigenvalue weighted by Gasteiger charge is 2.28. The fraction of sp³-hybridized carbons (Fsp3) is 0.391. The van der Waals surface area contributed by atoms with Gasteiger partial charge in [-0.25, -0.2) is 17.3 Å². The molecule has 1 saturated carbocycles. The molecule has 1 aliphatic rings. The number of anilines is 1. The van der Waals surface area contributed by atoms with Crippen molar-refractivity contribution in [2.24, 2.45) is 5.73 Å². The van der Waals surface area contributed by atoms with Crippen molar-refractivity contribution in [1.29, 1.82) is 0 Å². The first kappa shape index (κ1) is 22.3. The highest BCUT2D eigenvalue weighted by Crippen LogP contribution is 2.40. The van der Waals surface area contributed by atoms with Crippen LogP contribution >= 0.6 is 0 Å². The maximum atomic E-state index is 13.3. The van der Waals surface area contributed by atoms with Crippen molar-refractivity contribution >= 4 is 27.1 Å². The number of amides is 1. The second-order valence-corrected chi connectivity index (χ2v) is 10.2. The van der Waals surface area contributed by atoms with E-state index in [1.807, 2.05) is 6.07 Å². The van der Waals surface area contributed by atoms with Gasteiger partial charge in [-0.3, -0.25) is 9.10 Å². The van der Waals surface area contributed by atoms with Crippen molar-refractivity contribution in [3.63, 3.8) is 0 Å². The number of primary amides is 1. The average Bonchev–Trinajstić information content (AvgIpc) is 3.36. The minimum Gasteiger partial charge on any atom is -0.365 e. The van der Waals surface area contributed by atoms with E-state index in [1.165, 1.54) is 22.7 Å². The van der Waals surface area contributed by atoms with Crippen LogP contribution in [-0.4, -0.2) is 36.7 Å². The Kier molecular flexibility index (Phi) is 5.94. The van der Waals surface area contributed by atoms with Crippen molar-refractivity contribution in [3.05, 3.63) is 64.7 Å². The largest absolute Gasteiger partial charge is 0.365 e. The van der Waals surface area contributed by atoms with Crippen LogP contribution < -0.4 is 10.0 Å². The number of hydrogen-bond donors (Lipinski definition) is 1. The number of halogens is 1. The summed E-state index contributed by atoms with van der Waals surface area (Å²) in [6.07, 6.45) is 7.28. The molecule has 9 heteroatoms. The van der Waals surface area contributed by atoms with Crippen LogP contribution in [-0.2, 0) is 16.4 Å². The number of nitrogens with zero attached hydrogens (tertiary/aromatic N) is 3. The van der Waals surface area contributed by atoms with Crippen LogP contribution in [0.5, 0.6) is 0 Å². The van der Waals surface area contributed by atoms with E-state index in [4.69, 9.17) is 5.73 Å². The van der Waals surface area contributed by atoms with Crippen molar-refractivity contribution in [2.75, 3.05) is 17.1 Å². The molecule has 0 radical (unpaired) electrons. The van der Waals surface area contributed by atoms with Crippen molar-refractivity contribution in [2.45, 2.75) is 44.9 Å². The van der Waals surface area contributed by atoms with Gasteiger partial charge in [0.2, 0.25) is 10.0 Å². The fourth-order valence-electron chi connectivity index (χ4n) is 4.69. The van der Waals surface area contributed by atoms with Crippen molar-refractivity contribution in [1.82, 2.24) is 9.61 Å². The normalized spacial score (nSPS) is 14.8. The van der Waals surface area contributed by atoms with Gasteiger partial charge in [-0.1, -0.05) is 25.0 Å². The Balaban J connectivity index is 1.92. The molecule has 3 aromatic rings. The number of benzene rings is 1. The minimum atomic E-state index is -3.50. The molecule has 1 aliphatic carbocycles. The van der Waals surface area contributed by atoms with Gasteiger partial charge in [-0.15, -0.1) is 0 Å². The first-order valence-electron chi connectivity index (χ1n) is 10.8. The molecule has 170 valence electrons. The van der Waals surface area contributed by atoms with Crippen molar-refractivity contribution < 1.29 is 17.6 Å². The van der Waals surface area contributed by atoms with E-state index in [1.54, 1.807) is 29.8 Å². The van der Waals surface area contributed by atoms with Gasteiger partial charge < -0.3 is 5.73 Å². The van der Waals surface area contributed by atoms with Crippen LogP contribution in [0.3, 0.4) is 0 Å². The summed E-state index contributed by atoms with van der Waals surface area (Å²) in [6, 6.07) is 7.87. The molecule has 1 amide bonds. The molecule has 0 spiro atoms. The molecule has 1 aromatic carbocycles. The quantitative estimate of drug-likeness (QED) is 0.585. The number of aromatic nitrogens is 2. The fourth-order valence-corrected chi connectivity index (χ4v) is 5.67. The van der Waals surface area contributed by atoms with Crippen LogP contribution in [0.4, 0.5) is 10.1 Å². The molecule has 1 fully saturated rings. The van der Waals surface area contributed by atoms with Crippen LogP contribution in [0.2, 0.25) is 0 Å². The summed E-state index contributed by atoms with van der Waals surface area (Å²) in [4.78, 5) is 12.4. The maximum Gasteiger partial charge on any atom is 0.252 e. The average molecular weight is 459 g/mol. The molecule has 7 nitrogen and oxygen atoms in total. The Morgan fingerprint density at radius 3 is 2.47 bits per heavy atom. The lowest BCUT2D eigenvalue weighted by Crippen LogP contribution is -2.31. The third-order valence-electron chi connectivity index (χ3n) is 6.14. The zero-order chi connectivity index (χ0) is 23.0. The third kappa shape index (κ3) is 4.21. The van der Waals surface area contributed by atoms with E-state index in [2.05, 4.69) is 5.10 Å². The zero-order valence-corrected chi connectivity index (χ0v) is 19.0. The van der Waals surface area contributed by atoms with Crippen LogP contribution in [0.25, 0.3) is 5.52 Å². The molecule has 2 heterocycles. The summed E-state index contributed by atoms with van der Waals surface area (Å²) in [6.45, 7) is 2.08. The molecular formula is C23H27FN4O3S. The monoisotopic (exact) mass is 458 g/mol. The SMILES string of the molecule is CCN(c1cn2nc(Cc3ccc(F)cc3)c(C(N)=O)c2cc1C1CCCC1)S(C)(=O)=O. The second-order valence-electron chi connectivity index (χ2n) is 8.34. The molecule has 2 aromatic heterocycles. The summed E-state index contributed by atoms with van der Waals surface area (Å²) >= 11 is 0. The number of rotatable bonds is 7. The Hall–Kier alpha value is -2.94. The van der Waals surface area contributed by atoms with Gasteiger partial charge in [0.1, 0.15) is 5.82 Å². The highest BCUT2D eigenvalue weighted by atomic mass is 32.2. The number of hydrogen-bond acceptors (Lipinski definition) is 4. The number of sulfonamides is 1. The van der Waals surface area contributed by atoms with E-state index < -0.39 is 15.9 Å². The highest BCUT2D eigenvalue weighted by molar-refractivity contribution is 7.92. The lowest BCUT2D eigenvalue weighted by molar-refractivity contribution is 0.100. The van der Waals surface area contributed by atoms with Crippen LogP contribution in [0, 0.1) is 5.82 Å². The second kappa shape index (κ2) is 8.54. The van der Waals surface area contributed by atoms with Gasteiger partial charge in [0.05, 0.1) is 34.9 Å². The molecular weight excluding hydrogens is 431 g/mol. The smallest absolute Gasteiger partial charge is 0.252 e. The summed E-state index contributed by atoms with van der Waals surface area (Å²) in [7, 11) is -3.50. The predicted molar refractivity (Wildman–Crippen MR) is 122 cm³/mol. The molecule has 0 aliphatic heterocycles. The standard InChI is InChI=1S/C23H27FN4O3S/c1-3-28(32(2,30)31)21-14-27-20(13-18(21)16-6-4-5-7-16)22(23(25)29)19(26-27)12-15-8-10-17(24)11-9-15/h8-11,13-14,16H,3-7,12H2,1-2H3,(H2,25,29). The predicted octanol–water partition coefficient (Wildman–Crippen LogP) is 3.61. The minimum absolute atomic E-state index is 0.210. The van der Waals surface area contributed by atoms with E-state index in [9.17, 15) is 17.6 Å². The molecule has 32 heavy (non-hydrogen) atoms. The van der Waals surface area contributed by atoms with Gasteiger partial charge in [0, 0.05) is 13.0 Å². The molecule has 0 saturated heterocycles. The molecule has 0 atom stereocenters. The first-order chi connectivity index (χ1) is 15.2. The van der Waals surface area contributed by atoms with E-state index in [0.717, 1.165) is 36.8 Å². The Labute approximate surface area is 187 Å². The van der Waals surface area contributed by atoms with Crippen LogP contribution in [0.1, 0.15) is 65.7 Å². The molecule has 0 bridgehead atoms. The lowest BCUT2D eigenvalue weighted by atomic mass is 9.95. The number of nitrogens with two attached hydrogens (primary N) is 1. The molecule has 4 rings (SSSR count). The summed E-state index contributed by atoms with van der Waals surface area (Å²) in [5.41, 5.74) is 9.36. The van der Waals surface area contributed by atoms with E-state index >= 15 is 0 Å². The van der Waals surface area contributed by atoms with Crippen molar-refractivity contribution in [3.8, 4) is 0 Å². The van der Waals surface area contributed by atoms with Gasteiger partial charge in [0.15, 0.2) is 0 Å². The summed E-state index contributed by atoms with van der Waals surface area (Å²) < 4.78 is 41.2. The van der Waals surface area contributed by atoms with E-state index in [-0.39, 0.29) is 18.3 Å². The summed E-state index contributed by atoms with van der Waals surface area (Å²) in [5.74, 6) is -0.732. The number of carbonyl (C=O) groups excluding carboxylic acids is 1. The van der Waals surface area contributed by atoms with Crippen LogP contribution in [0.15, 0.2) is 36.5 Å². The van der Waals surface area contributed by atoms with Gasteiger partial charge in [-0.2, -0.15) is 5.10 Å². The van der Waals surface area contributed by atoms with Gasteiger partial charge in [-0.05, 0) is 55.0 Å². The third-order valence-corrected chi connectivity index (χ3v) is 7.39. The van der Waals surface area contributed by atoms with E-state index in [0.29, 0.717) is 28.9 Å². The molecule has 0 unspecified atom stereocenters. The topological polar surface area (TPSA) is 97.8 Å². The Bertz CT molecular complexity index is 1260. The Morgan fingerprint density at radius 2 is 1.91 bits per heavy atom. The van der Waals surface area contributed by atoms with Gasteiger partial charge >= 0.3 is 0 Å². The zero-order valence-electron chi connectivity index (χ0n) is 18.2. The number of carbonyl (C=O) groups is 1. The number of fused-ring (bicyclic) bond motifs is 1. The summed E-state index contributed by atoms with van der Waals surface area (Å²) in [5, 5.41) is 4.58. The number of pyridine rings is 1. The lowest BCUT2D eigenvalue weighted by Gasteiger charge is -2.26.